The normalized spacial score (nSPS) is 31.1. The molecule has 0 unspecified atom stereocenters. The molecule has 0 spiro atoms. The van der Waals surface area contributed by atoms with Crippen LogP contribution in [-0.2, 0) is 20.8 Å². The third kappa shape index (κ3) is 3.23. The predicted octanol–water partition coefficient (Wildman–Crippen LogP) is 3.46. The van der Waals surface area contributed by atoms with Crippen LogP contribution in [0.3, 0.4) is 0 Å². The molecule has 3 fully saturated rings. The molecule has 1 heterocycles. The fourth-order valence-electron chi connectivity index (χ4n) is 6.35. The first-order valence-electron chi connectivity index (χ1n) is 11.9. The Labute approximate surface area is 197 Å². The van der Waals surface area contributed by atoms with Gasteiger partial charge in [-0.2, -0.15) is 0 Å². The molecule has 2 aromatic rings. The van der Waals surface area contributed by atoms with Gasteiger partial charge in [0.25, 0.3) is 0 Å². The summed E-state index contributed by atoms with van der Waals surface area (Å²) >= 11 is 0. The highest BCUT2D eigenvalue weighted by atomic mass is 16.5. The number of carbonyl (C=O) groups is 4. The second kappa shape index (κ2) is 7.76. The highest BCUT2D eigenvalue weighted by Gasteiger charge is 2.68. The van der Waals surface area contributed by atoms with E-state index >= 15 is 0 Å². The van der Waals surface area contributed by atoms with Crippen molar-refractivity contribution in [2.75, 3.05) is 0 Å². The van der Waals surface area contributed by atoms with Gasteiger partial charge in [0.1, 0.15) is 11.8 Å². The minimum atomic E-state index is -1.05. The van der Waals surface area contributed by atoms with Gasteiger partial charge in [-0.05, 0) is 66.8 Å². The molecule has 2 bridgehead atoms. The molecule has 7 rings (SSSR count). The number of benzene rings is 2. The third-order valence-corrected chi connectivity index (χ3v) is 8.03. The minimum Gasteiger partial charge on any atom is -0.425 e. The Balaban J connectivity index is 1.30. The van der Waals surface area contributed by atoms with E-state index in [4.69, 9.17) is 4.74 Å². The van der Waals surface area contributed by atoms with Gasteiger partial charge in [0.2, 0.25) is 11.8 Å². The molecule has 34 heavy (non-hydrogen) atoms. The quantitative estimate of drug-likeness (QED) is 0.219. The number of allylic oxidation sites excluding steroid dienone is 2. The van der Waals surface area contributed by atoms with E-state index in [1.807, 2.05) is 30.3 Å². The SMILES string of the molecule is CC(=O)c1ccc(OC(=O)[C@H](Cc2ccccc2)N2C(=O)[C@@H]3[C@@H]4C=C[C@H]([C@H]5C[C@@H]45)[C@@H]3C2=O)cc1. The summed E-state index contributed by atoms with van der Waals surface area (Å²) in [7, 11) is 0. The van der Waals surface area contributed by atoms with Crippen LogP contribution in [0.5, 0.6) is 5.75 Å². The summed E-state index contributed by atoms with van der Waals surface area (Å²) in [4.78, 5) is 53.4. The van der Waals surface area contributed by atoms with Gasteiger partial charge in [-0.1, -0.05) is 42.5 Å². The number of likely N-dealkylation sites (tertiary alicyclic amines) is 1. The van der Waals surface area contributed by atoms with Crippen LogP contribution in [0.1, 0.15) is 29.3 Å². The molecule has 0 radical (unpaired) electrons. The Morgan fingerprint density at radius 2 is 1.50 bits per heavy atom. The van der Waals surface area contributed by atoms with Gasteiger partial charge in [0, 0.05) is 12.0 Å². The van der Waals surface area contributed by atoms with Crippen LogP contribution < -0.4 is 4.74 Å². The van der Waals surface area contributed by atoms with Gasteiger partial charge < -0.3 is 4.74 Å². The molecule has 2 aromatic carbocycles. The number of ether oxygens (including phenoxy) is 1. The first-order valence-corrected chi connectivity index (χ1v) is 11.9. The predicted molar refractivity (Wildman–Crippen MR) is 123 cm³/mol. The number of esters is 1. The van der Waals surface area contributed by atoms with Gasteiger partial charge >= 0.3 is 5.97 Å². The molecule has 6 nitrogen and oxygen atoms in total. The smallest absolute Gasteiger partial charge is 0.335 e. The van der Waals surface area contributed by atoms with Gasteiger partial charge in [-0.3, -0.25) is 19.3 Å². The number of Topliss-reactive ketones (excluding diaryl/α,β-unsaturated/α-hetero) is 1. The van der Waals surface area contributed by atoms with Gasteiger partial charge in [0.05, 0.1) is 11.8 Å². The van der Waals surface area contributed by atoms with Gasteiger partial charge in [0.15, 0.2) is 5.78 Å². The Hall–Kier alpha value is -3.54. The monoisotopic (exact) mass is 455 g/mol. The lowest BCUT2D eigenvalue weighted by molar-refractivity contribution is -0.153. The van der Waals surface area contributed by atoms with Crippen LogP contribution in [-0.4, -0.2) is 34.5 Å². The van der Waals surface area contributed by atoms with Gasteiger partial charge in [-0.25, -0.2) is 4.79 Å². The number of hydrogen-bond donors (Lipinski definition) is 0. The summed E-state index contributed by atoms with van der Waals surface area (Å²) < 4.78 is 5.63. The number of amides is 2. The van der Waals surface area contributed by atoms with E-state index in [1.165, 1.54) is 11.8 Å². The molecule has 1 aliphatic heterocycles. The lowest BCUT2D eigenvalue weighted by atomic mass is 9.63. The molecular formula is C28H25NO5. The third-order valence-electron chi connectivity index (χ3n) is 8.03. The average Bonchev–Trinajstić information content (AvgIpc) is 3.62. The maximum Gasteiger partial charge on any atom is 0.335 e. The number of rotatable bonds is 6. The van der Waals surface area contributed by atoms with E-state index in [0.717, 1.165) is 12.0 Å². The molecule has 5 aliphatic rings. The molecule has 0 N–H and O–H groups in total. The summed E-state index contributed by atoms with van der Waals surface area (Å²) in [6.07, 6.45) is 5.52. The largest absolute Gasteiger partial charge is 0.425 e. The van der Waals surface area contributed by atoms with Crippen LogP contribution in [0, 0.1) is 35.5 Å². The van der Waals surface area contributed by atoms with E-state index in [2.05, 4.69) is 12.2 Å². The maximum absolute atomic E-state index is 13.6. The summed E-state index contributed by atoms with van der Waals surface area (Å²) in [5, 5.41) is 0. The van der Waals surface area contributed by atoms with E-state index in [9.17, 15) is 19.2 Å². The van der Waals surface area contributed by atoms with Crippen LogP contribution in [0.4, 0.5) is 0 Å². The lowest BCUT2D eigenvalue weighted by Crippen LogP contribution is -2.48. The number of imide groups is 1. The lowest BCUT2D eigenvalue weighted by Gasteiger charge is -2.37. The molecule has 1 saturated heterocycles. The Morgan fingerprint density at radius 3 is 2.06 bits per heavy atom. The Kier molecular flexibility index (Phi) is 4.80. The molecule has 2 saturated carbocycles. The van der Waals surface area contributed by atoms with Crippen molar-refractivity contribution in [3.8, 4) is 5.75 Å². The van der Waals surface area contributed by atoms with Crippen molar-refractivity contribution in [3.05, 3.63) is 77.9 Å². The molecule has 4 aliphatic carbocycles. The zero-order chi connectivity index (χ0) is 23.6. The van der Waals surface area contributed by atoms with Crippen LogP contribution in [0.25, 0.3) is 0 Å². The Morgan fingerprint density at radius 1 is 0.912 bits per heavy atom. The van der Waals surface area contributed by atoms with Crippen LogP contribution in [0.2, 0.25) is 0 Å². The molecule has 172 valence electrons. The van der Waals surface area contributed by atoms with Crippen molar-refractivity contribution in [2.45, 2.75) is 25.8 Å². The van der Waals surface area contributed by atoms with E-state index in [0.29, 0.717) is 17.4 Å². The fraction of sp³-hybridized carbons (Fsp3) is 0.357. The van der Waals surface area contributed by atoms with Crippen molar-refractivity contribution in [3.63, 3.8) is 0 Å². The number of carbonyl (C=O) groups excluding carboxylic acids is 4. The van der Waals surface area contributed by atoms with E-state index in [-0.39, 0.29) is 53.4 Å². The first kappa shape index (κ1) is 21.0. The van der Waals surface area contributed by atoms with Gasteiger partial charge in [-0.15, -0.1) is 0 Å². The molecule has 6 heteroatoms. The van der Waals surface area contributed by atoms with Crippen molar-refractivity contribution in [2.24, 2.45) is 35.5 Å². The first-order chi connectivity index (χ1) is 16.4. The van der Waals surface area contributed by atoms with E-state index < -0.39 is 12.0 Å². The van der Waals surface area contributed by atoms with Crippen molar-refractivity contribution >= 4 is 23.6 Å². The summed E-state index contributed by atoms with van der Waals surface area (Å²) in [6, 6.07) is 14.6. The molecule has 2 amide bonds. The zero-order valence-electron chi connectivity index (χ0n) is 18.8. The molecular weight excluding hydrogens is 430 g/mol. The standard InChI is InChI=1S/C28H25NO5/c1-15(30)17-7-9-18(10-8-17)34-28(33)23(13-16-5-3-2-4-6-16)29-26(31)24-19-11-12-20(22-14-21(19)22)25(24)27(29)32/h2-12,19-25H,13-14H2,1H3/t19-,20-,21-,22+,23+,24+,25-/m1/s1. The summed E-state index contributed by atoms with van der Waals surface area (Å²) in [5.74, 6) is -0.523. The topological polar surface area (TPSA) is 80.8 Å². The average molecular weight is 456 g/mol. The second-order valence-electron chi connectivity index (χ2n) is 9.91. The minimum absolute atomic E-state index is 0.0861. The van der Waals surface area contributed by atoms with Crippen molar-refractivity contribution in [1.29, 1.82) is 0 Å². The highest BCUT2D eigenvalue weighted by Crippen LogP contribution is 2.65. The second-order valence-corrected chi connectivity index (χ2v) is 9.91. The van der Waals surface area contributed by atoms with Crippen LogP contribution >= 0.6 is 0 Å². The number of nitrogens with zero attached hydrogens (tertiary/aromatic N) is 1. The molecule has 0 aromatic heterocycles. The summed E-state index contributed by atoms with van der Waals surface area (Å²) in [5.41, 5.74) is 1.35. The highest BCUT2D eigenvalue weighted by molar-refractivity contribution is 6.09. The Bertz CT molecular complexity index is 1180. The zero-order valence-corrected chi connectivity index (χ0v) is 18.8. The van der Waals surface area contributed by atoms with Crippen LogP contribution in [0.15, 0.2) is 66.7 Å². The van der Waals surface area contributed by atoms with Crippen molar-refractivity contribution < 1.29 is 23.9 Å². The molecule has 7 atom stereocenters. The van der Waals surface area contributed by atoms with E-state index in [1.54, 1.807) is 24.3 Å². The maximum atomic E-state index is 13.6. The fourth-order valence-corrected chi connectivity index (χ4v) is 6.35. The number of hydrogen-bond acceptors (Lipinski definition) is 5. The van der Waals surface area contributed by atoms with Crippen molar-refractivity contribution in [1.82, 2.24) is 4.90 Å². The summed E-state index contributed by atoms with van der Waals surface area (Å²) in [6.45, 7) is 1.47. The number of ketones is 1.